The maximum atomic E-state index is 12.6. The van der Waals surface area contributed by atoms with Gasteiger partial charge in [-0.05, 0) is 24.0 Å². The maximum absolute atomic E-state index is 12.6. The van der Waals surface area contributed by atoms with Crippen LogP contribution >= 0.6 is 0 Å². The lowest BCUT2D eigenvalue weighted by Gasteiger charge is -2.19. The number of nitrogens with one attached hydrogen (secondary N) is 1. The van der Waals surface area contributed by atoms with Crippen molar-refractivity contribution in [2.45, 2.75) is 39.2 Å². The van der Waals surface area contributed by atoms with Crippen LogP contribution in [0.4, 0.5) is 0 Å². The molecule has 28 heavy (non-hydrogen) atoms. The van der Waals surface area contributed by atoms with Crippen molar-refractivity contribution < 1.29 is 14.3 Å². The van der Waals surface area contributed by atoms with E-state index >= 15 is 0 Å². The van der Waals surface area contributed by atoms with Gasteiger partial charge in [0.1, 0.15) is 0 Å². The van der Waals surface area contributed by atoms with E-state index in [1.165, 1.54) is 6.92 Å². The molecule has 0 aliphatic rings. The summed E-state index contributed by atoms with van der Waals surface area (Å²) in [6.07, 6.45) is -0.986. The normalized spacial score (nSPS) is 12.6. The SMILES string of the molecule is C[C@H](OC(=O)c1n[nH]c(=O)c2ccccc12)C(=O)c1ccc(C(C)(C)C)cc1. The number of hydrogen-bond acceptors (Lipinski definition) is 5. The predicted molar refractivity (Wildman–Crippen MR) is 107 cm³/mol. The van der Waals surface area contributed by atoms with Crippen molar-refractivity contribution in [3.63, 3.8) is 0 Å². The summed E-state index contributed by atoms with van der Waals surface area (Å²) in [5, 5.41) is 6.81. The first-order valence-corrected chi connectivity index (χ1v) is 9.01. The lowest BCUT2D eigenvalue weighted by Crippen LogP contribution is -2.26. The molecule has 0 spiro atoms. The number of nitrogens with zero attached hydrogens (tertiary/aromatic N) is 1. The number of aromatic nitrogens is 2. The number of ketones is 1. The quantitative estimate of drug-likeness (QED) is 0.553. The van der Waals surface area contributed by atoms with Gasteiger partial charge in [0, 0.05) is 10.9 Å². The van der Waals surface area contributed by atoms with Crippen LogP contribution in [-0.4, -0.2) is 28.1 Å². The van der Waals surface area contributed by atoms with Crippen LogP contribution < -0.4 is 5.56 Å². The van der Waals surface area contributed by atoms with Crippen molar-refractivity contribution in [1.29, 1.82) is 0 Å². The largest absolute Gasteiger partial charge is 0.449 e. The Morgan fingerprint density at radius 1 is 1.00 bits per heavy atom. The van der Waals surface area contributed by atoms with Gasteiger partial charge in [0.15, 0.2) is 11.8 Å². The first kappa shape index (κ1) is 19.5. The van der Waals surface area contributed by atoms with Gasteiger partial charge in [-0.2, -0.15) is 5.10 Å². The number of rotatable bonds is 4. The molecule has 144 valence electrons. The van der Waals surface area contributed by atoms with Crippen molar-refractivity contribution in [2.75, 3.05) is 0 Å². The number of benzene rings is 2. The van der Waals surface area contributed by atoms with E-state index in [2.05, 4.69) is 31.0 Å². The molecule has 0 fully saturated rings. The highest BCUT2D eigenvalue weighted by Gasteiger charge is 2.23. The van der Waals surface area contributed by atoms with Crippen LogP contribution in [-0.2, 0) is 10.2 Å². The number of carbonyl (C=O) groups is 2. The van der Waals surface area contributed by atoms with Gasteiger partial charge in [0.2, 0.25) is 5.78 Å². The van der Waals surface area contributed by atoms with Crippen LogP contribution in [0.1, 0.15) is 54.1 Å². The number of carbonyl (C=O) groups excluding carboxylic acids is 2. The maximum Gasteiger partial charge on any atom is 0.360 e. The van der Waals surface area contributed by atoms with Crippen LogP contribution in [0.2, 0.25) is 0 Å². The number of ether oxygens (including phenoxy) is 1. The molecule has 1 heterocycles. The number of Topliss-reactive ketones (excluding diaryl/α,β-unsaturated/α-hetero) is 1. The molecule has 3 rings (SSSR count). The number of fused-ring (bicyclic) bond motifs is 1. The van der Waals surface area contributed by atoms with Gasteiger partial charge >= 0.3 is 5.97 Å². The topological polar surface area (TPSA) is 89.1 Å². The highest BCUT2D eigenvalue weighted by molar-refractivity contribution is 6.05. The van der Waals surface area contributed by atoms with Gasteiger partial charge < -0.3 is 4.74 Å². The van der Waals surface area contributed by atoms with Gasteiger partial charge in [0.05, 0.1) is 5.39 Å². The Morgan fingerprint density at radius 3 is 2.21 bits per heavy atom. The first-order chi connectivity index (χ1) is 13.2. The Bertz CT molecular complexity index is 1090. The Kier molecular flexibility index (Phi) is 5.14. The summed E-state index contributed by atoms with van der Waals surface area (Å²) in [7, 11) is 0. The number of aromatic amines is 1. The van der Waals surface area contributed by atoms with E-state index in [9.17, 15) is 14.4 Å². The Labute approximate surface area is 162 Å². The fourth-order valence-electron chi connectivity index (χ4n) is 2.91. The lowest BCUT2D eigenvalue weighted by molar-refractivity contribution is 0.0314. The van der Waals surface area contributed by atoms with E-state index in [0.29, 0.717) is 16.3 Å². The van der Waals surface area contributed by atoms with Crippen LogP contribution in [0.25, 0.3) is 10.8 Å². The predicted octanol–water partition coefficient (Wildman–Crippen LogP) is 3.65. The third kappa shape index (κ3) is 3.86. The fourth-order valence-corrected chi connectivity index (χ4v) is 2.91. The van der Waals surface area contributed by atoms with E-state index < -0.39 is 17.6 Å². The van der Waals surface area contributed by atoms with Gasteiger partial charge in [-0.15, -0.1) is 0 Å². The molecule has 0 amide bonds. The highest BCUT2D eigenvalue weighted by Crippen LogP contribution is 2.23. The molecule has 3 aromatic rings. The summed E-state index contributed by atoms with van der Waals surface area (Å²) in [4.78, 5) is 37.0. The minimum Gasteiger partial charge on any atom is -0.449 e. The van der Waals surface area contributed by atoms with Crippen molar-refractivity contribution >= 4 is 22.5 Å². The molecule has 0 aliphatic heterocycles. The number of hydrogen-bond donors (Lipinski definition) is 1. The van der Waals surface area contributed by atoms with E-state index in [1.807, 2.05) is 12.1 Å². The van der Waals surface area contributed by atoms with Gasteiger partial charge in [-0.3, -0.25) is 9.59 Å². The summed E-state index contributed by atoms with van der Waals surface area (Å²) in [5.41, 5.74) is 1.13. The Morgan fingerprint density at radius 2 is 1.61 bits per heavy atom. The molecule has 0 unspecified atom stereocenters. The van der Waals surface area contributed by atoms with Crippen molar-refractivity contribution in [2.24, 2.45) is 0 Å². The molecule has 1 aromatic heterocycles. The molecule has 0 bridgehead atoms. The van der Waals surface area contributed by atoms with E-state index in [-0.39, 0.29) is 16.9 Å². The zero-order chi connectivity index (χ0) is 20.5. The molecule has 1 atom stereocenters. The first-order valence-electron chi connectivity index (χ1n) is 9.01. The zero-order valence-electron chi connectivity index (χ0n) is 16.3. The van der Waals surface area contributed by atoms with Crippen LogP contribution in [0, 0.1) is 0 Å². The van der Waals surface area contributed by atoms with Crippen molar-refractivity contribution in [1.82, 2.24) is 10.2 Å². The standard InChI is InChI=1S/C22H22N2O4/c1-13(19(25)14-9-11-15(12-10-14)22(2,3)4)28-21(27)18-16-7-5-6-8-17(16)20(26)24-23-18/h5-13H,1-4H3,(H,24,26)/t13-/m0/s1. The van der Waals surface area contributed by atoms with Crippen LogP contribution in [0.15, 0.2) is 53.3 Å². The van der Waals surface area contributed by atoms with Crippen LogP contribution in [0.3, 0.4) is 0 Å². The second-order valence-electron chi connectivity index (χ2n) is 7.69. The van der Waals surface area contributed by atoms with Gasteiger partial charge in [-0.25, -0.2) is 9.89 Å². The fraction of sp³-hybridized carbons (Fsp3) is 0.273. The third-order valence-electron chi connectivity index (χ3n) is 4.58. The molecule has 6 nitrogen and oxygen atoms in total. The summed E-state index contributed by atoms with van der Waals surface area (Å²) >= 11 is 0. The summed E-state index contributed by atoms with van der Waals surface area (Å²) in [5.74, 6) is -1.07. The monoisotopic (exact) mass is 378 g/mol. The second kappa shape index (κ2) is 7.38. The molecular weight excluding hydrogens is 356 g/mol. The molecule has 1 N–H and O–H groups in total. The zero-order valence-corrected chi connectivity index (χ0v) is 16.3. The summed E-state index contributed by atoms with van der Waals surface area (Å²) in [6, 6.07) is 13.9. The van der Waals surface area contributed by atoms with E-state index in [4.69, 9.17) is 4.74 Å². The average molecular weight is 378 g/mol. The third-order valence-corrected chi connectivity index (χ3v) is 4.58. The summed E-state index contributed by atoms with van der Waals surface area (Å²) in [6.45, 7) is 7.80. The number of H-pyrrole nitrogens is 1. The highest BCUT2D eigenvalue weighted by atomic mass is 16.5. The van der Waals surface area contributed by atoms with Gasteiger partial charge in [-0.1, -0.05) is 63.2 Å². The van der Waals surface area contributed by atoms with Crippen molar-refractivity contribution in [3.8, 4) is 0 Å². The number of esters is 1. The minimum absolute atomic E-state index is 0.0173. The molecular formula is C22H22N2O4. The molecule has 0 aliphatic carbocycles. The van der Waals surface area contributed by atoms with E-state index in [0.717, 1.165) is 5.56 Å². The lowest BCUT2D eigenvalue weighted by atomic mass is 9.86. The molecule has 0 saturated heterocycles. The Hall–Kier alpha value is -3.28. The van der Waals surface area contributed by atoms with Crippen LogP contribution in [0.5, 0.6) is 0 Å². The molecule has 6 heteroatoms. The summed E-state index contributed by atoms with van der Waals surface area (Å²) < 4.78 is 5.33. The molecule has 2 aromatic carbocycles. The molecule has 0 radical (unpaired) electrons. The second-order valence-corrected chi connectivity index (χ2v) is 7.69. The van der Waals surface area contributed by atoms with E-state index in [1.54, 1.807) is 36.4 Å². The smallest absolute Gasteiger partial charge is 0.360 e. The average Bonchev–Trinajstić information content (AvgIpc) is 2.67. The van der Waals surface area contributed by atoms with Gasteiger partial charge in [0.25, 0.3) is 5.56 Å². The minimum atomic E-state index is -0.986. The Balaban J connectivity index is 1.80. The van der Waals surface area contributed by atoms with Crippen molar-refractivity contribution in [3.05, 3.63) is 75.7 Å². The molecule has 0 saturated carbocycles.